The Balaban J connectivity index is 2.39. The van der Waals surface area contributed by atoms with E-state index in [4.69, 9.17) is 0 Å². The number of amides is 1. The highest BCUT2D eigenvalue weighted by molar-refractivity contribution is 5.97. The van der Waals surface area contributed by atoms with Gasteiger partial charge in [-0.3, -0.25) is 9.59 Å². The normalized spacial score (nSPS) is 18.1. The maximum atomic E-state index is 11.9. The van der Waals surface area contributed by atoms with E-state index in [1.54, 1.807) is 12.1 Å². The van der Waals surface area contributed by atoms with Gasteiger partial charge in [0.15, 0.2) is 5.78 Å². The molecule has 19 heavy (non-hydrogen) atoms. The molecule has 0 bridgehead atoms. The molecule has 1 fully saturated rings. The fraction of sp³-hybridized carbons (Fsp3) is 0.429. The van der Waals surface area contributed by atoms with Gasteiger partial charge in [-0.15, -0.1) is 0 Å². The molecule has 1 aromatic rings. The predicted molar refractivity (Wildman–Crippen MR) is 72.5 cm³/mol. The van der Waals surface area contributed by atoms with Crippen molar-refractivity contribution in [3.05, 3.63) is 23.8 Å². The molecule has 1 aliphatic rings. The number of benzene rings is 1. The second-order valence-electron chi connectivity index (χ2n) is 5.22. The van der Waals surface area contributed by atoms with E-state index < -0.39 is 5.54 Å². The summed E-state index contributed by atoms with van der Waals surface area (Å²) in [4.78, 5) is 25.1. The number of nitrogens with zero attached hydrogens (tertiary/aromatic N) is 1. The van der Waals surface area contributed by atoms with E-state index in [9.17, 15) is 14.7 Å². The van der Waals surface area contributed by atoms with Crippen LogP contribution in [0.25, 0.3) is 0 Å². The molecular formula is C14H18N2O3. The van der Waals surface area contributed by atoms with Crippen molar-refractivity contribution in [3.8, 4) is 5.75 Å². The van der Waals surface area contributed by atoms with E-state index in [1.165, 1.54) is 13.0 Å². The lowest BCUT2D eigenvalue weighted by atomic mass is 9.97. The predicted octanol–water partition coefficient (Wildman–Crippen LogP) is 1.31. The van der Waals surface area contributed by atoms with Gasteiger partial charge in [-0.2, -0.15) is 0 Å². The Kier molecular flexibility index (Phi) is 3.22. The van der Waals surface area contributed by atoms with E-state index in [2.05, 4.69) is 5.32 Å². The molecule has 0 unspecified atom stereocenters. The van der Waals surface area contributed by atoms with Crippen LogP contribution in [0, 0.1) is 0 Å². The number of carbonyl (C=O) groups excluding carboxylic acids is 2. The first-order valence-electron chi connectivity index (χ1n) is 6.24. The zero-order valence-corrected chi connectivity index (χ0v) is 11.4. The minimum atomic E-state index is -0.678. The molecule has 5 heteroatoms. The van der Waals surface area contributed by atoms with E-state index in [-0.39, 0.29) is 17.4 Å². The largest absolute Gasteiger partial charge is 0.507 e. The van der Waals surface area contributed by atoms with Gasteiger partial charge in [0.05, 0.1) is 5.56 Å². The van der Waals surface area contributed by atoms with Gasteiger partial charge < -0.3 is 15.3 Å². The third-order valence-electron chi connectivity index (χ3n) is 3.52. The number of hydrogen-bond acceptors (Lipinski definition) is 4. The maximum Gasteiger partial charge on any atom is 0.245 e. The Morgan fingerprint density at radius 2 is 2.11 bits per heavy atom. The van der Waals surface area contributed by atoms with Crippen LogP contribution < -0.4 is 10.2 Å². The first-order chi connectivity index (χ1) is 8.84. The Morgan fingerprint density at radius 3 is 2.68 bits per heavy atom. The molecule has 0 radical (unpaired) electrons. The van der Waals surface area contributed by atoms with Crippen LogP contribution in [0.15, 0.2) is 18.2 Å². The van der Waals surface area contributed by atoms with Gasteiger partial charge in [-0.25, -0.2) is 0 Å². The number of phenols is 1. The fourth-order valence-corrected chi connectivity index (χ4v) is 2.34. The molecule has 1 aromatic carbocycles. The standard InChI is InChI=1S/C14H18N2O3/c1-9(17)11-5-4-10(8-12(11)18)16-7-6-15-13(19)14(16,2)3/h4-5,8,18H,6-7H2,1-3H3,(H,15,19). The molecule has 0 saturated carbocycles. The van der Waals surface area contributed by atoms with Gasteiger partial charge in [-0.1, -0.05) is 0 Å². The SMILES string of the molecule is CC(=O)c1ccc(N2CCNC(=O)C2(C)C)cc1O. The molecule has 0 spiro atoms. The number of nitrogens with one attached hydrogen (secondary N) is 1. The molecule has 2 rings (SSSR count). The highest BCUT2D eigenvalue weighted by Crippen LogP contribution is 2.30. The van der Waals surface area contributed by atoms with Crippen molar-refractivity contribution in [1.82, 2.24) is 5.32 Å². The quantitative estimate of drug-likeness (QED) is 0.788. The zero-order valence-electron chi connectivity index (χ0n) is 11.4. The van der Waals surface area contributed by atoms with Gasteiger partial charge in [0, 0.05) is 24.8 Å². The average Bonchev–Trinajstić information content (AvgIpc) is 2.32. The van der Waals surface area contributed by atoms with Crippen LogP contribution in [-0.4, -0.2) is 35.4 Å². The number of Topliss-reactive ketones (excluding diaryl/α,β-unsaturated/α-hetero) is 1. The lowest BCUT2D eigenvalue weighted by molar-refractivity contribution is -0.126. The van der Waals surface area contributed by atoms with Crippen LogP contribution in [0.5, 0.6) is 5.75 Å². The van der Waals surface area contributed by atoms with Crippen molar-refractivity contribution in [3.63, 3.8) is 0 Å². The third kappa shape index (κ3) is 2.28. The number of hydrogen-bond donors (Lipinski definition) is 2. The number of ketones is 1. The van der Waals surface area contributed by atoms with Crippen LogP contribution >= 0.6 is 0 Å². The van der Waals surface area contributed by atoms with Crippen molar-refractivity contribution in [2.75, 3.05) is 18.0 Å². The van der Waals surface area contributed by atoms with Gasteiger partial charge in [-0.05, 0) is 32.9 Å². The molecule has 2 N–H and O–H groups in total. The number of carbonyl (C=O) groups is 2. The van der Waals surface area contributed by atoms with Crippen molar-refractivity contribution in [2.45, 2.75) is 26.3 Å². The average molecular weight is 262 g/mol. The van der Waals surface area contributed by atoms with Crippen LogP contribution in [0.2, 0.25) is 0 Å². The summed E-state index contributed by atoms with van der Waals surface area (Å²) in [6, 6.07) is 4.89. The summed E-state index contributed by atoms with van der Waals surface area (Å²) >= 11 is 0. The summed E-state index contributed by atoms with van der Waals surface area (Å²) in [6.45, 7) is 6.30. The van der Waals surface area contributed by atoms with Crippen molar-refractivity contribution < 1.29 is 14.7 Å². The van der Waals surface area contributed by atoms with Gasteiger partial charge in [0.25, 0.3) is 0 Å². The van der Waals surface area contributed by atoms with Crippen molar-refractivity contribution in [1.29, 1.82) is 0 Å². The van der Waals surface area contributed by atoms with Crippen LogP contribution in [-0.2, 0) is 4.79 Å². The van der Waals surface area contributed by atoms with Crippen molar-refractivity contribution in [2.24, 2.45) is 0 Å². The summed E-state index contributed by atoms with van der Waals surface area (Å²) in [5.41, 5.74) is 0.355. The van der Waals surface area contributed by atoms with Crippen LogP contribution in [0.3, 0.4) is 0 Å². The Hall–Kier alpha value is -2.04. The highest BCUT2D eigenvalue weighted by atomic mass is 16.3. The molecule has 1 amide bonds. The molecule has 0 atom stereocenters. The minimum Gasteiger partial charge on any atom is -0.507 e. The van der Waals surface area contributed by atoms with Crippen LogP contribution in [0.4, 0.5) is 5.69 Å². The molecule has 1 aliphatic heterocycles. The summed E-state index contributed by atoms with van der Waals surface area (Å²) in [7, 11) is 0. The second-order valence-corrected chi connectivity index (χ2v) is 5.22. The summed E-state index contributed by atoms with van der Waals surface area (Å²) in [5, 5.41) is 12.7. The molecule has 5 nitrogen and oxygen atoms in total. The molecule has 0 aliphatic carbocycles. The van der Waals surface area contributed by atoms with Gasteiger partial charge in [0.2, 0.25) is 5.91 Å². The minimum absolute atomic E-state index is 0.0473. The first kappa shape index (κ1) is 13.4. The number of piperazine rings is 1. The molecule has 0 aromatic heterocycles. The Bertz CT molecular complexity index is 537. The smallest absolute Gasteiger partial charge is 0.245 e. The molecular weight excluding hydrogens is 244 g/mol. The summed E-state index contributed by atoms with van der Waals surface area (Å²) in [6.07, 6.45) is 0. The highest BCUT2D eigenvalue weighted by Gasteiger charge is 2.37. The van der Waals surface area contributed by atoms with E-state index in [0.29, 0.717) is 18.7 Å². The lowest BCUT2D eigenvalue weighted by Gasteiger charge is -2.42. The van der Waals surface area contributed by atoms with Gasteiger partial charge >= 0.3 is 0 Å². The number of anilines is 1. The summed E-state index contributed by atoms with van der Waals surface area (Å²) in [5.74, 6) is -0.277. The first-order valence-corrected chi connectivity index (χ1v) is 6.24. The third-order valence-corrected chi connectivity index (χ3v) is 3.52. The van der Waals surface area contributed by atoms with E-state index in [1.807, 2.05) is 18.7 Å². The molecule has 102 valence electrons. The van der Waals surface area contributed by atoms with Crippen molar-refractivity contribution >= 4 is 17.4 Å². The number of aromatic hydroxyl groups is 1. The lowest BCUT2D eigenvalue weighted by Crippen LogP contribution is -2.62. The maximum absolute atomic E-state index is 11.9. The molecule has 1 saturated heterocycles. The topological polar surface area (TPSA) is 69.6 Å². The fourth-order valence-electron chi connectivity index (χ4n) is 2.34. The zero-order chi connectivity index (χ0) is 14.2. The van der Waals surface area contributed by atoms with Crippen LogP contribution in [0.1, 0.15) is 31.1 Å². The van der Waals surface area contributed by atoms with E-state index in [0.717, 1.165) is 5.69 Å². The Morgan fingerprint density at radius 1 is 1.42 bits per heavy atom. The number of phenolic OH excluding ortho intramolecular Hbond substituents is 1. The van der Waals surface area contributed by atoms with Gasteiger partial charge in [0.1, 0.15) is 11.3 Å². The second kappa shape index (κ2) is 4.57. The molecule has 1 heterocycles. The monoisotopic (exact) mass is 262 g/mol. The number of rotatable bonds is 2. The summed E-state index contributed by atoms with van der Waals surface area (Å²) < 4.78 is 0. The van der Waals surface area contributed by atoms with E-state index >= 15 is 0 Å². The Labute approximate surface area is 112 Å².